The maximum Gasteiger partial charge on any atom is 0.209 e. The number of hydrogen-bond donors (Lipinski definition) is 0. The maximum atomic E-state index is 5.91. The van der Waals surface area contributed by atoms with Crippen LogP contribution in [0.3, 0.4) is 0 Å². The fourth-order valence-corrected chi connectivity index (χ4v) is 3.69. The van der Waals surface area contributed by atoms with Crippen LogP contribution in [0.25, 0.3) is 0 Å². The van der Waals surface area contributed by atoms with Gasteiger partial charge < -0.3 is 9.47 Å². The van der Waals surface area contributed by atoms with Gasteiger partial charge in [-0.15, -0.1) is 0 Å². The van der Waals surface area contributed by atoms with Crippen molar-refractivity contribution in [1.82, 2.24) is 0 Å². The van der Waals surface area contributed by atoms with Crippen molar-refractivity contribution in [2.45, 2.75) is 65.1 Å². The molecule has 0 aliphatic rings. The van der Waals surface area contributed by atoms with Gasteiger partial charge in [0.05, 0.1) is 7.11 Å². The summed E-state index contributed by atoms with van der Waals surface area (Å²) in [5.41, 5.74) is 1.68. The van der Waals surface area contributed by atoms with E-state index in [-0.39, 0.29) is 6.29 Å². The van der Waals surface area contributed by atoms with Crippen LogP contribution in [-0.2, 0) is 4.18 Å². The first-order valence-electron chi connectivity index (χ1n) is 9.92. The minimum Gasteiger partial charge on any atom is -0.497 e. The summed E-state index contributed by atoms with van der Waals surface area (Å²) in [6.45, 7) is 13.4. The highest BCUT2D eigenvalue weighted by atomic mass is 32.2. The second-order valence-corrected chi connectivity index (χ2v) is 9.56. The number of rotatable bonds is 9. The Hall–Kier alpha value is -1.65. The Morgan fingerprint density at radius 3 is 1.93 bits per heavy atom. The van der Waals surface area contributed by atoms with Gasteiger partial charge >= 0.3 is 0 Å². The van der Waals surface area contributed by atoms with Gasteiger partial charge in [0.2, 0.25) is 6.29 Å². The highest BCUT2D eigenvalue weighted by Gasteiger charge is 2.23. The van der Waals surface area contributed by atoms with Crippen LogP contribution in [-0.4, -0.2) is 13.4 Å². The van der Waals surface area contributed by atoms with Crippen LogP contribution in [0.1, 0.15) is 59.4 Å². The molecular formula is C24H34O3S. The molecule has 28 heavy (non-hydrogen) atoms. The van der Waals surface area contributed by atoms with E-state index in [0.29, 0.717) is 17.3 Å². The van der Waals surface area contributed by atoms with Crippen LogP contribution in [0.4, 0.5) is 0 Å². The lowest BCUT2D eigenvalue weighted by Gasteiger charge is -2.29. The quantitative estimate of drug-likeness (QED) is 0.324. The Bertz CT molecular complexity index is 702. The van der Waals surface area contributed by atoms with E-state index in [0.717, 1.165) is 16.4 Å². The number of ether oxygens (including phenoxy) is 2. The zero-order chi connectivity index (χ0) is 20.7. The molecule has 2 aromatic carbocycles. The molecule has 154 valence electrons. The first-order valence-corrected chi connectivity index (χ1v) is 10.7. The van der Waals surface area contributed by atoms with Crippen molar-refractivity contribution in [3.8, 4) is 11.5 Å². The number of benzene rings is 2. The van der Waals surface area contributed by atoms with E-state index >= 15 is 0 Å². The zero-order valence-electron chi connectivity index (χ0n) is 18.2. The van der Waals surface area contributed by atoms with Crippen LogP contribution in [0.15, 0.2) is 53.4 Å². The summed E-state index contributed by atoms with van der Waals surface area (Å²) in [7, 11) is 1.66. The summed E-state index contributed by atoms with van der Waals surface area (Å²) in [5, 5.41) is 0. The van der Waals surface area contributed by atoms with Crippen molar-refractivity contribution in [1.29, 1.82) is 0 Å². The van der Waals surface area contributed by atoms with Crippen molar-refractivity contribution in [3.05, 3.63) is 54.1 Å². The van der Waals surface area contributed by atoms with E-state index in [1.165, 1.54) is 24.0 Å². The molecule has 0 spiro atoms. The Kier molecular flexibility index (Phi) is 8.26. The molecule has 0 aliphatic carbocycles. The molecule has 0 heterocycles. The second-order valence-electron chi connectivity index (χ2n) is 8.72. The third-order valence-electron chi connectivity index (χ3n) is 4.59. The first kappa shape index (κ1) is 22.6. The van der Waals surface area contributed by atoms with E-state index < -0.39 is 0 Å². The van der Waals surface area contributed by atoms with Gasteiger partial charge in [-0.2, -0.15) is 0 Å². The van der Waals surface area contributed by atoms with E-state index in [2.05, 4.69) is 46.8 Å². The summed E-state index contributed by atoms with van der Waals surface area (Å²) in [5.74, 6) is 2.81. The highest BCUT2D eigenvalue weighted by molar-refractivity contribution is 7.94. The minimum absolute atomic E-state index is 0.311. The smallest absolute Gasteiger partial charge is 0.209 e. The van der Waals surface area contributed by atoms with Crippen LogP contribution in [0, 0.1) is 11.3 Å². The Morgan fingerprint density at radius 2 is 1.43 bits per heavy atom. The third kappa shape index (κ3) is 7.40. The molecule has 0 aliphatic heterocycles. The molecule has 0 amide bonds. The average Bonchev–Trinajstić information content (AvgIpc) is 2.65. The van der Waals surface area contributed by atoms with E-state index in [4.69, 9.17) is 13.7 Å². The van der Waals surface area contributed by atoms with Gasteiger partial charge in [0.15, 0.2) is 0 Å². The summed E-state index contributed by atoms with van der Waals surface area (Å²) in [4.78, 5) is 1.01. The number of methoxy groups -OCH3 is 1. The maximum absolute atomic E-state index is 5.91. The fraction of sp³-hybridized carbons (Fsp3) is 0.500. The fourth-order valence-electron chi connectivity index (χ4n) is 3.16. The molecule has 2 unspecified atom stereocenters. The molecule has 3 nitrogen and oxygen atoms in total. The SMILES string of the molecule is COc1ccc(SOC(C)Oc2ccc(C(CC(C)(C)C)C(C)C)cc2)cc1. The van der Waals surface area contributed by atoms with Gasteiger partial charge in [0.1, 0.15) is 11.5 Å². The van der Waals surface area contributed by atoms with Crippen molar-refractivity contribution in [2.24, 2.45) is 11.3 Å². The summed E-state index contributed by atoms with van der Waals surface area (Å²) in [6, 6.07) is 16.2. The van der Waals surface area contributed by atoms with Gasteiger partial charge in [-0.3, -0.25) is 4.18 Å². The predicted molar refractivity (Wildman–Crippen MR) is 118 cm³/mol. The Morgan fingerprint density at radius 1 is 0.857 bits per heavy atom. The lowest BCUT2D eigenvalue weighted by molar-refractivity contribution is 0.0404. The molecule has 0 saturated heterocycles. The standard InChI is InChI=1S/C24H34O3S/c1-17(2)23(16-24(4,5)6)19-8-10-21(11-9-19)26-18(3)27-28-22-14-12-20(25-7)13-15-22/h8-15,17-18,23H,16H2,1-7H3. The van der Waals surface area contributed by atoms with Crippen molar-refractivity contribution in [3.63, 3.8) is 0 Å². The second kappa shape index (κ2) is 10.2. The van der Waals surface area contributed by atoms with Crippen molar-refractivity contribution in [2.75, 3.05) is 7.11 Å². The lowest BCUT2D eigenvalue weighted by Crippen LogP contribution is -2.16. The van der Waals surface area contributed by atoms with Gasteiger partial charge in [0.25, 0.3) is 0 Å². The van der Waals surface area contributed by atoms with E-state index in [9.17, 15) is 0 Å². The van der Waals surface area contributed by atoms with Crippen LogP contribution in [0.2, 0.25) is 0 Å². The molecule has 0 radical (unpaired) electrons. The molecule has 0 aromatic heterocycles. The van der Waals surface area contributed by atoms with Crippen LogP contribution >= 0.6 is 12.0 Å². The zero-order valence-corrected chi connectivity index (χ0v) is 19.0. The molecule has 0 fully saturated rings. The minimum atomic E-state index is -0.353. The molecule has 2 rings (SSSR count). The normalized spacial score (nSPS) is 14.0. The van der Waals surface area contributed by atoms with E-state index in [1.54, 1.807) is 7.11 Å². The molecule has 2 atom stereocenters. The Labute approximate surface area is 175 Å². The van der Waals surface area contributed by atoms with Gasteiger partial charge in [-0.25, -0.2) is 0 Å². The summed E-state index contributed by atoms with van der Waals surface area (Å²) in [6.07, 6.45) is 0.816. The summed E-state index contributed by atoms with van der Waals surface area (Å²) < 4.78 is 16.8. The van der Waals surface area contributed by atoms with Gasteiger partial charge in [-0.05, 0) is 72.6 Å². The third-order valence-corrected chi connectivity index (χ3v) is 5.42. The Balaban J connectivity index is 1.91. The van der Waals surface area contributed by atoms with Crippen LogP contribution in [0.5, 0.6) is 11.5 Å². The topological polar surface area (TPSA) is 27.7 Å². The van der Waals surface area contributed by atoms with Gasteiger partial charge in [-0.1, -0.05) is 46.8 Å². The van der Waals surface area contributed by atoms with E-state index in [1.807, 2.05) is 43.3 Å². The highest BCUT2D eigenvalue weighted by Crippen LogP contribution is 2.37. The van der Waals surface area contributed by atoms with Crippen LogP contribution < -0.4 is 9.47 Å². The van der Waals surface area contributed by atoms with Gasteiger partial charge in [0, 0.05) is 16.9 Å². The van der Waals surface area contributed by atoms with Crippen molar-refractivity contribution < 1.29 is 13.7 Å². The molecule has 4 heteroatoms. The number of hydrogen-bond acceptors (Lipinski definition) is 4. The molecular weight excluding hydrogens is 368 g/mol. The lowest BCUT2D eigenvalue weighted by atomic mass is 9.76. The molecule has 2 aromatic rings. The molecule has 0 bridgehead atoms. The van der Waals surface area contributed by atoms with Crippen molar-refractivity contribution >= 4 is 12.0 Å². The molecule has 0 N–H and O–H groups in total. The monoisotopic (exact) mass is 402 g/mol. The average molecular weight is 403 g/mol. The molecule has 0 saturated carbocycles. The predicted octanol–water partition coefficient (Wildman–Crippen LogP) is 7.32. The first-order chi connectivity index (χ1) is 13.2. The largest absolute Gasteiger partial charge is 0.497 e. The summed E-state index contributed by atoms with van der Waals surface area (Å²) >= 11 is 1.30.